The molecular formula is C24H20ClN3O4S. The second-order valence-electron chi connectivity index (χ2n) is 7.65. The molecular weight excluding hydrogens is 462 g/mol. The van der Waals surface area contributed by atoms with Gasteiger partial charge in [-0.25, -0.2) is 0 Å². The highest BCUT2D eigenvalue weighted by atomic mass is 35.5. The van der Waals surface area contributed by atoms with Gasteiger partial charge in [0.2, 0.25) is 10.9 Å². The standard InChI is InChI=1S/C24H20ClN3O4S/c1-3-10-31-15-7-5-6-13(11-15)20-19-21(29)16-12-14(25)8-9-17(16)32-22(19)23(30)28(20)24-27-26-18(4-2)33-24/h5-9,11-12,20H,3-4,10H2,1-2H3/t20-/m0/s1. The minimum Gasteiger partial charge on any atom is -0.494 e. The SMILES string of the molecule is CCCOc1cccc([C@H]2c3c(oc4ccc(Cl)cc4c3=O)C(=O)N2c2nnc(CC)s2)c1. The maximum absolute atomic E-state index is 13.6. The van der Waals surface area contributed by atoms with Gasteiger partial charge in [0.05, 0.1) is 23.6 Å². The summed E-state index contributed by atoms with van der Waals surface area (Å²) in [5.74, 6) is 0.241. The van der Waals surface area contributed by atoms with Gasteiger partial charge in [-0.2, -0.15) is 0 Å². The number of benzene rings is 2. The van der Waals surface area contributed by atoms with E-state index < -0.39 is 11.9 Å². The molecule has 7 nitrogen and oxygen atoms in total. The fourth-order valence-corrected chi connectivity index (χ4v) is 4.91. The maximum Gasteiger partial charge on any atom is 0.297 e. The summed E-state index contributed by atoms with van der Waals surface area (Å²) in [4.78, 5) is 28.7. The van der Waals surface area contributed by atoms with Crippen LogP contribution in [-0.4, -0.2) is 22.7 Å². The third kappa shape index (κ3) is 3.69. The number of halogens is 1. The van der Waals surface area contributed by atoms with Crippen molar-refractivity contribution in [1.82, 2.24) is 10.2 Å². The lowest BCUT2D eigenvalue weighted by atomic mass is 9.98. The number of hydrogen-bond acceptors (Lipinski definition) is 7. The van der Waals surface area contributed by atoms with E-state index in [0.29, 0.717) is 39.9 Å². The van der Waals surface area contributed by atoms with Gasteiger partial charge in [-0.3, -0.25) is 14.5 Å². The number of carbonyl (C=O) groups excluding carboxylic acids is 1. The molecule has 3 heterocycles. The molecule has 0 aliphatic carbocycles. The molecule has 0 radical (unpaired) electrons. The number of nitrogens with zero attached hydrogens (tertiary/aromatic N) is 3. The van der Waals surface area contributed by atoms with Crippen LogP contribution in [0.15, 0.2) is 51.7 Å². The number of amides is 1. The molecule has 4 aromatic rings. The monoisotopic (exact) mass is 481 g/mol. The van der Waals surface area contributed by atoms with E-state index in [9.17, 15) is 9.59 Å². The van der Waals surface area contributed by atoms with Crippen LogP contribution in [0.4, 0.5) is 5.13 Å². The van der Waals surface area contributed by atoms with E-state index in [-0.39, 0.29) is 16.8 Å². The number of anilines is 1. The Bertz CT molecular complexity index is 1430. The molecule has 0 unspecified atom stereocenters. The summed E-state index contributed by atoms with van der Waals surface area (Å²) in [6, 6.07) is 11.5. The van der Waals surface area contributed by atoms with Crippen LogP contribution in [0.2, 0.25) is 5.02 Å². The van der Waals surface area contributed by atoms with Crippen LogP contribution >= 0.6 is 22.9 Å². The van der Waals surface area contributed by atoms with Gasteiger partial charge >= 0.3 is 0 Å². The van der Waals surface area contributed by atoms with E-state index in [1.807, 2.05) is 38.1 Å². The molecule has 2 aromatic carbocycles. The molecule has 33 heavy (non-hydrogen) atoms. The molecule has 5 rings (SSSR count). The van der Waals surface area contributed by atoms with Crippen molar-refractivity contribution < 1.29 is 13.9 Å². The number of aryl methyl sites for hydroxylation is 1. The van der Waals surface area contributed by atoms with Gasteiger partial charge in [-0.1, -0.05) is 48.9 Å². The van der Waals surface area contributed by atoms with Crippen molar-refractivity contribution >= 4 is 44.9 Å². The van der Waals surface area contributed by atoms with Crippen molar-refractivity contribution in [3.05, 3.63) is 79.6 Å². The first-order valence-corrected chi connectivity index (χ1v) is 11.9. The quantitative estimate of drug-likeness (QED) is 0.366. The van der Waals surface area contributed by atoms with Crippen LogP contribution in [0.1, 0.15) is 53.0 Å². The average molecular weight is 482 g/mol. The van der Waals surface area contributed by atoms with Crippen molar-refractivity contribution in [2.24, 2.45) is 0 Å². The smallest absolute Gasteiger partial charge is 0.297 e. The molecule has 1 aliphatic heterocycles. The molecule has 0 fully saturated rings. The average Bonchev–Trinajstić information content (AvgIpc) is 3.41. The minimum absolute atomic E-state index is 0.00736. The molecule has 9 heteroatoms. The van der Waals surface area contributed by atoms with Gasteiger partial charge in [0.25, 0.3) is 5.91 Å². The van der Waals surface area contributed by atoms with Crippen LogP contribution in [0, 0.1) is 0 Å². The second-order valence-corrected chi connectivity index (χ2v) is 9.12. The zero-order chi connectivity index (χ0) is 23.1. The van der Waals surface area contributed by atoms with Crippen LogP contribution < -0.4 is 15.1 Å². The molecule has 2 aromatic heterocycles. The van der Waals surface area contributed by atoms with Crippen molar-refractivity contribution in [3.8, 4) is 5.75 Å². The topological polar surface area (TPSA) is 85.5 Å². The zero-order valence-corrected chi connectivity index (χ0v) is 19.6. The lowest BCUT2D eigenvalue weighted by molar-refractivity contribution is 0.0970. The Morgan fingerprint density at radius 2 is 2.00 bits per heavy atom. The highest BCUT2D eigenvalue weighted by Gasteiger charge is 2.45. The number of fused-ring (bicyclic) bond motifs is 2. The van der Waals surface area contributed by atoms with Crippen LogP contribution in [0.5, 0.6) is 5.75 Å². The molecule has 1 atom stereocenters. The summed E-state index contributed by atoms with van der Waals surface area (Å²) in [6.07, 6.45) is 1.55. The second kappa shape index (κ2) is 8.61. The van der Waals surface area contributed by atoms with Crippen molar-refractivity contribution in [2.45, 2.75) is 32.7 Å². The predicted octanol–water partition coefficient (Wildman–Crippen LogP) is 5.40. The highest BCUT2D eigenvalue weighted by Crippen LogP contribution is 2.42. The van der Waals surface area contributed by atoms with E-state index >= 15 is 0 Å². The Labute approximate surface area is 198 Å². The predicted molar refractivity (Wildman–Crippen MR) is 128 cm³/mol. The largest absolute Gasteiger partial charge is 0.494 e. The molecule has 0 saturated carbocycles. The number of rotatable bonds is 6. The van der Waals surface area contributed by atoms with Gasteiger partial charge in [-0.15, -0.1) is 10.2 Å². The molecule has 1 aliphatic rings. The third-order valence-electron chi connectivity index (χ3n) is 5.44. The van der Waals surface area contributed by atoms with Gasteiger partial charge in [0.1, 0.15) is 16.3 Å². The molecule has 1 amide bonds. The van der Waals surface area contributed by atoms with Crippen molar-refractivity contribution in [1.29, 1.82) is 0 Å². The van der Waals surface area contributed by atoms with E-state index in [1.54, 1.807) is 18.2 Å². The van der Waals surface area contributed by atoms with E-state index in [1.165, 1.54) is 16.2 Å². The zero-order valence-electron chi connectivity index (χ0n) is 18.0. The van der Waals surface area contributed by atoms with Crippen molar-refractivity contribution in [2.75, 3.05) is 11.5 Å². The molecule has 0 spiro atoms. The van der Waals surface area contributed by atoms with Crippen LogP contribution in [0.3, 0.4) is 0 Å². The van der Waals surface area contributed by atoms with Gasteiger partial charge in [0, 0.05) is 5.02 Å². The third-order valence-corrected chi connectivity index (χ3v) is 6.75. The first kappa shape index (κ1) is 21.6. The lowest BCUT2D eigenvalue weighted by Gasteiger charge is -2.22. The summed E-state index contributed by atoms with van der Waals surface area (Å²) >= 11 is 7.47. The van der Waals surface area contributed by atoms with Gasteiger partial charge in [0.15, 0.2) is 5.43 Å². The molecule has 168 valence electrons. The molecule has 0 N–H and O–H groups in total. The Kier molecular flexibility index (Phi) is 5.64. The van der Waals surface area contributed by atoms with E-state index in [4.69, 9.17) is 20.8 Å². The number of hydrogen-bond donors (Lipinski definition) is 0. The van der Waals surface area contributed by atoms with Gasteiger partial charge < -0.3 is 9.15 Å². The Morgan fingerprint density at radius 1 is 1.15 bits per heavy atom. The maximum atomic E-state index is 13.6. The molecule has 0 bridgehead atoms. The van der Waals surface area contributed by atoms with E-state index in [2.05, 4.69) is 10.2 Å². The fraction of sp³-hybridized carbons (Fsp3) is 0.250. The number of aromatic nitrogens is 2. The van der Waals surface area contributed by atoms with Crippen LogP contribution in [0.25, 0.3) is 11.0 Å². The fourth-order valence-electron chi connectivity index (χ4n) is 3.94. The Balaban J connectivity index is 1.75. The summed E-state index contributed by atoms with van der Waals surface area (Å²) in [7, 11) is 0. The summed E-state index contributed by atoms with van der Waals surface area (Å²) in [6.45, 7) is 4.56. The lowest BCUT2D eigenvalue weighted by Crippen LogP contribution is -2.29. The summed E-state index contributed by atoms with van der Waals surface area (Å²) in [5.41, 5.74) is 0.992. The Hall–Kier alpha value is -3.23. The number of carbonyl (C=O) groups is 1. The van der Waals surface area contributed by atoms with Crippen molar-refractivity contribution in [3.63, 3.8) is 0 Å². The number of ether oxygens (including phenoxy) is 1. The molecule has 0 saturated heterocycles. The summed E-state index contributed by atoms with van der Waals surface area (Å²) < 4.78 is 11.8. The highest BCUT2D eigenvalue weighted by molar-refractivity contribution is 7.15. The van der Waals surface area contributed by atoms with Crippen LogP contribution in [-0.2, 0) is 6.42 Å². The first-order valence-electron chi connectivity index (χ1n) is 10.7. The van der Waals surface area contributed by atoms with E-state index in [0.717, 1.165) is 17.0 Å². The summed E-state index contributed by atoms with van der Waals surface area (Å²) in [5, 5.41) is 10.4. The Morgan fingerprint density at radius 3 is 2.76 bits per heavy atom. The minimum atomic E-state index is -0.727. The van der Waals surface area contributed by atoms with Gasteiger partial charge in [-0.05, 0) is 48.7 Å². The normalized spacial score (nSPS) is 15.3. The first-order chi connectivity index (χ1) is 16.0.